The summed E-state index contributed by atoms with van der Waals surface area (Å²) in [4.78, 5) is 7.63. The van der Waals surface area contributed by atoms with E-state index in [1.165, 1.54) is 66.7 Å². The Hall–Kier alpha value is -2.44. The number of H-pyrrole nitrogens is 1. The number of aromatic nitrogens is 4. The average molecular weight is 434 g/mol. The van der Waals surface area contributed by atoms with Crippen molar-refractivity contribution in [3.8, 4) is 5.69 Å². The smallest absolute Gasteiger partial charge is 0.123 e. The number of benzene rings is 1. The van der Waals surface area contributed by atoms with Crippen molar-refractivity contribution in [2.75, 3.05) is 19.6 Å². The van der Waals surface area contributed by atoms with E-state index < -0.39 is 0 Å². The molecule has 4 heterocycles. The summed E-state index contributed by atoms with van der Waals surface area (Å²) in [5.74, 6) is 1.53. The predicted molar refractivity (Wildman–Crippen MR) is 128 cm³/mol. The number of nitrogens with zero attached hydrogens (tertiary/aromatic N) is 4. The van der Waals surface area contributed by atoms with E-state index in [2.05, 4.69) is 68.9 Å². The van der Waals surface area contributed by atoms with Crippen molar-refractivity contribution in [2.24, 2.45) is 5.92 Å². The van der Waals surface area contributed by atoms with Crippen LogP contribution in [0.15, 0.2) is 54.6 Å². The van der Waals surface area contributed by atoms with Gasteiger partial charge in [0.2, 0.25) is 0 Å². The molecule has 162 valence electrons. The quantitative estimate of drug-likeness (QED) is 0.391. The van der Waals surface area contributed by atoms with E-state index in [0.29, 0.717) is 5.92 Å². The fraction of sp³-hybridized carbons (Fsp3) is 0.440. The van der Waals surface area contributed by atoms with Crippen LogP contribution < -0.4 is 0 Å². The van der Waals surface area contributed by atoms with E-state index in [1.54, 1.807) is 12.7 Å². The molecule has 6 heteroatoms. The summed E-state index contributed by atoms with van der Waals surface area (Å²) in [6.07, 6.45) is 12.1. The molecule has 0 amide bonds. The lowest BCUT2D eigenvalue weighted by molar-refractivity contribution is 0.171. The van der Waals surface area contributed by atoms with Crippen molar-refractivity contribution >= 4 is 22.2 Å². The molecule has 1 aliphatic rings. The summed E-state index contributed by atoms with van der Waals surface area (Å²) in [5.41, 5.74) is 3.75. The number of nitrogens with one attached hydrogen (secondary N) is 1. The van der Waals surface area contributed by atoms with Crippen molar-refractivity contribution in [3.05, 3.63) is 65.0 Å². The van der Waals surface area contributed by atoms with Crippen LogP contribution in [0.25, 0.3) is 16.6 Å². The van der Waals surface area contributed by atoms with Crippen LogP contribution in [0, 0.1) is 5.92 Å². The van der Waals surface area contributed by atoms with Gasteiger partial charge in [0.15, 0.2) is 0 Å². The summed E-state index contributed by atoms with van der Waals surface area (Å²) in [6.45, 7) is 6.09. The summed E-state index contributed by atoms with van der Waals surface area (Å²) in [6, 6.07) is 11.0. The number of hydrogen-bond acceptors (Lipinski definition) is 4. The second-order valence-electron chi connectivity index (χ2n) is 8.97. The molecule has 1 aromatic carbocycles. The van der Waals surface area contributed by atoms with Crippen molar-refractivity contribution in [2.45, 2.75) is 44.9 Å². The van der Waals surface area contributed by atoms with Gasteiger partial charge in [0.1, 0.15) is 12.7 Å². The van der Waals surface area contributed by atoms with Crippen LogP contribution >= 0.6 is 11.3 Å². The Labute approximate surface area is 188 Å². The summed E-state index contributed by atoms with van der Waals surface area (Å²) >= 11 is 1.89. The third-order valence-electron chi connectivity index (χ3n) is 6.79. The first-order valence-corrected chi connectivity index (χ1v) is 12.3. The van der Waals surface area contributed by atoms with Crippen LogP contribution in [-0.4, -0.2) is 44.3 Å². The maximum atomic E-state index is 3.93. The maximum Gasteiger partial charge on any atom is 0.123 e. The van der Waals surface area contributed by atoms with Gasteiger partial charge >= 0.3 is 0 Å². The number of fused-ring (bicyclic) bond motifs is 1. The topological polar surface area (TPSA) is 49.7 Å². The monoisotopic (exact) mass is 433 g/mol. The maximum absolute atomic E-state index is 3.93. The van der Waals surface area contributed by atoms with Crippen molar-refractivity contribution < 1.29 is 0 Å². The SMILES string of the molecule is CC(CN1CCC(CCCc2c[nH]c3ccc(-n4cnnc4)cc23)CC1)c1cccs1. The minimum absolute atomic E-state index is 0.654. The second kappa shape index (κ2) is 9.37. The van der Waals surface area contributed by atoms with Gasteiger partial charge in [-0.05, 0) is 79.9 Å². The normalized spacial score (nSPS) is 16.8. The molecule has 1 fully saturated rings. The zero-order valence-electron chi connectivity index (χ0n) is 18.2. The number of aryl methyl sites for hydroxylation is 1. The highest BCUT2D eigenvalue weighted by Gasteiger charge is 2.21. The highest BCUT2D eigenvalue weighted by Crippen LogP contribution is 2.28. The Morgan fingerprint density at radius 2 is 2.00 bits per heavy atom. The van der Waals surface area contributed by atoms with E-state index in [1.807, 2.05) is 15.9 Å². The summed E-state index contributed by atoms with van der Waals surface area (Å²) in [5, 5.41) is 11.4. The first-order valence-electron chi connectivity index (χ1n) is 11.5. The number of thiophene rings is 1. The molecule has 0 aliphatic carbocycles. The minimum Gasteiger partial charge on any atom is -0.361 e. The molecule has 4 aromatic rings. The number of piperidine rings is 1. The van der Waals surface area contributed by atoms with Gasteiger partial charge in [-0.25, -0.2) is 0 Å². The van der Waals surface area contributed by atoms with Crippen LogP contribution in [0.4, 0.5) is 0 Å². The number of likely N-dealkylation sites (tertiary alicyclic amines) is 1. The first-order chi connectivity index (χ1) is 15.3. The van der Waals surface area contributed by atoms with Crippen LogP contribution in [0.3, 0.4) is 0 Å². The van der Waals surface area contributed by atoms with Crippen LogP contribution in [0.1, 0.15) is 49.0 Å². The first kappa shape index (κ1) is 20.5. The Bertz CT molecular complexity index is 1070. The Balaban J connectivity index is 1.11. The molecule has 1 atom stereocenters. The van der Waals surface area contributed by atoms with Crippen LogP contribution in [-0.2, 0) is 6.42 Å². The minimum atomic E-state index is 0.654. The van der Waals surface area contributed by atoms with E-state index >= 15 is 0 Å². The molecule has 3 aromatic heterocycles. The van der Waals surface area contributed by atoms with E-state index in [-0.39, 0.29) is 0 Å². The van der Waals surface area contributed by atoms with Gasteiger partial charge < -0.3 is 9.88 Å². The molecule has 5 nitrogen and oxygen atoms in total. The van der Waals surface area contributed by atoms with Gasteiger partial charge in [-0.3, -0.25) is 4.57 Å². The van der Waals surface area contributed by atoms with Gasteiger partial charge in [-0.15, -0.1) is 21.5 Å². The van der Waals surface area contributed by atoms with Crippen molar-refractivity contribution in [1.82, 2.24) is 24.6 Å². The molecule has 0 bridgehead atoms. The molecule has 5 rings (SSSR count). The van der Waals surface area contributed by atoms with Gasteiger partial charge in [0.05, 0.1) is 0 Å². The molecular formula is C25H31N5S. The fourth-order valence-corrected chi connectivity index (χ4v) is 5.73. The molecule has 0 saturated carbocycles. The molecular weight excluding hydrogens is 402 g/mol. The van der Waals surface area contributed by atoms with Gasteiger partial charge in [0.25, 0.3) is 0 Å². The van der Waals surface area contributed by atoms with E-state index in [4.69, 9.17) is 0 Å². The lowest BCUT2D eigenvalue weighted by atomic mass is 9.90. The lowest BCUT2D eigenvalue weighted by Crippen LogP contribution is -2.36. The standard InChI is InChI=1S/C25H31N5S/c1-19(25-6-3-13-31-25)16-29-11-9-20(10-12-29)4-2-5-21-15-26-24-8-7-22(14-23(21)24)30-17-27-28-18-30/h3,6-8,13-15,17-20,26H,2,4-5,9-12,16H2,1H3. The third kappa shape index (κ3) is 4.75. The summed E-state index contributed by atoms with van der Waals surface area (Å²) < 4.78 is 1.96. The van der Waals surface area contributed by atoms with Crippen LogP contribution in [0.5, 0.6) is 0 Å². The van der Waals surface area contributed by atoms with Crippen molar-refractivity contribution in [1.29, 1.82) is 0 Å². The third-order valence-corrected chi connectivity index (χ3v) is 7.90. The molecule has 0 radical (unpaired) electrons. The lowest BCUT2D eigenvalue weighted by Gasteiger charge is -2.33. The molecule has 1 unspecified atom stereocenters. The Morgan fingerprint density at radius 3 is 2.77 bits per heavy atom. The van der Waals surface area contributed by atoms with Gasteiger partial charge in [-0.1, -0.05) is 19.4 Å². The fourth-order valence-electron chi connectivity index (χ4n) is 4.96. The van der Waals surface area contributed by atoms with Crippen LogP contribution in [0.2, 0.25) is 0 Å². The Kier molecular flexibility index (Phi) is 6.18. The predicted octanol–water partition coefficient (Wildman–Crippen LogP) is 5.65. The van der Waals surface area contributed by atoms with E-state index in [9.17, 15) is 0 Å². The highest BCUT2D eigenvalue weighted by atomic mass is 32.1. The largest absolute Gasteiger partial charge is 0.361 e. The molecule has 1 N–H and O–H groups in total. The number of aromatic amines is 1. The summed E-state index contributed by atoms with van der Waals surface area (Å²) in [7, 11) is 0. The highest BCUT2D eigenvalue weighted by molar-refractivity contribution is 7.10. The molecule has 1 saturated heterocycles. The Morgan fingerprint density at radius 1 is 1.16 bits per heavy atom. The number of hydrogen-bond donors (Lipinski definition) is 1. The molecule has 31 heavy (non-hydrogen) atoms. The molecule has 1 aliphatic heterocycles. The van der Waals surface area contributed by atoms with Gasteiger partial charge in [-0.2, -0.15) is 0 Å². The zero-order chi connectivity index (χ0) is 21.0. The average Bonchev–Trinajstić information content (AvgIpc) is 3.56. The second-order valence-corrected chi connectivity index (χ2v) is 9.94. The van der Waals surface area contributed by atoms with Gasteiger partial charge in [0, 0.05) is 40.1 Å². The number of rotatable bonds is 8. The van der Waals surface area contributed by atoms with E-state index in [0.717, 1.165) is 18.0 Å². The van der Waals surface area contributed by atoms with Crippen molar-refractivity contribution in [3.63, 3.8) is 0 Å². The zero-order valence-corrected chi connectivity index (χ0v) is 19.0. The molecule has 0 spiro atoms.